The van der Waals surface area contributed by atoms with Gasteiger partial charge in [-0.1, -0.05) is 19.1 Å². The Morgan fingerprint density at radius 1 is 1.24 bits per heavy atom. The van der Waals surface area contributed by atoms with Crippen molar-refractivity contribution in [1.29, 1.82) is 0 Å². The molecule has 3 heterocycles. The number of fused-ring (bicyclic) bond motifs is 1. The van der Waals surface area contributed by atoms with Crippen LogP contribution in [0, 0.1) is 5.41 Å². The quantitative estimate of drug-likeness (QED) is 0.926. The molecule has 5 nitrogen and oxygen atoms in total. The summed E-state index contributed by atoms with van der Waals surface area (Å²) in [5.74, 6) is 2.37. The monoisotopic (exact) mass is 339 g/mol. The number of rotatable bonds is 4. The number of pyridine rings is 1. The van der Waals surface area contributed by atoms with E-state index >= 15 is 0 Å². The van der Waals surface area contributed by atoms with Gasteiger partial charge in [-0.05, 0) is 55.0 Å². The van der Waals surface area contributed by atoms with Crippen LogP contribution >= 0.6 is 0 Å². The maximum absolute atomic E-state index is 6.02. The number of aromatic nitrogens is 1. The molecule has 1 atom stereocenters. The second kappa shape index (κ2) is 6.56. The highest BCUT2D eigenvalue weighted by molar-refractivity contribution is 5.44. The summed E-state index contributed by atoms with van der Waals surface area (Å²) in [4.78, 5) is 6.71. The molecule has 0 amide bonds. The molecule has 132 valence electrons. The zero-order valence-electron chi connectivity index (χ0n) is 14.7. The lowest BCUT2D eigenvalue weighted by molar-refractivity contribution is 0.0971. The zero-order valence-corrected chi connectivity index (χ0v) is 14.7. The van der Waals surface area contributed by atoms with Gasteiger partial charge in [-0.2, -0.15) is 0 Å². The molecule has 0 radical (unpaired) electrons. The first-order chi connectivity index (χ1) is 12.1. The van der Waals surface area contributed by atoms with Crippen molar-refractivity contribution in [3.8, 4) is 11.5 Å². The molecule has 2 aromatic rings. The predicted octanol–water partition coefficient (Wildman–Crippen LogP) is 3.24. The Labute approximate surface area is 148 Å². The molecule has 4 rings (SSSR count). The highest BCUT2D eigenvalue weighted by atomic mass is 16.7. The van der Waals surface area contributed by atoms with Crippen LogP contribution in [0.4, 0.5) is 5.82 Å². The van der Waals surface area contributed by atoms with Crippen molar-refractivity contribution >= 4 is 5.82 Å². The molecular weight excluding hydrogens is 314 g/mol. The molecule has 0 aliphatic carbocycles. The van der Waals surface area contributed by atoms with Crippen LogP contribution in [0.2, 0.25) is 0 Å². The van der Waals surface area contributed by atoms with E-state index in [1.54, 1.807) is 6.20 Å². The number of nitrogens with two attached hydrogens (primary N) is 1. The van der Waals surface area contributed by atoms with Gasteiger partial charge in [0, 0.05) is 24.8 Å². The summed E-state index contributed by atoms with van der Waals surface area (Å²) < 4.78 is 10.9. The first kappa shape index (κ1) is 16.2. The van der Waals surface area contributed by atoms with E-state index in [2.05, 4.69) is 35.0 Å². The number of likely N-dealkylation sites (tertiary alicyclic amines) is 1. The van der Waals surface area contributed by atoms with Crippen molar-refractivity contribution in [3.05, 3.63) is 47.7 Å². The molecule has 1 saturated heterocycles. The van der Waals surface area contributed by atoms with Crippen LogP contribution in [0.25, 0.3) is 0 Å². The molecule has 1 aromatic heterocycles. The molecule has 0 bridgehead atoms. The first-order valence-corrected chi connectivity index (χ1v) is 8.92. The van der Waals surface area contributed by atoms with Crippen LogP contribution in [0.1, 0.15) is 30.9 Å². The van der Waals surface area contributed by atoms with E-state index < -0.39 is 0 Å². The SMILES string of the molecule is C[C@@]1(Cc2ccc3c(c2)OCO3)CCCN(Cc2cccnc2N)C1. The summed E-state index contributed by atoms with van der Waals surface area (Å²) in [6.07, 6.45) is 5.24. The second-order valence-electron chi connectivity index (χ2n) is 7.54. The van der Waals surface area contributed by atoms with Crippen molar-refractivity contribution in [2.75, 3.05) is 25.6 Å². The Morgan fingerprint density at radius 2 is 2.12 bits per heavy atom. The summed E-state index contributed by atoms with van der Waals surface area (Å²) in [6, 6.07) is 10.4. The van der Waals surface area contributed by atoms with Crippen molar-refractivity contribution in [2.24, 2.45) is 5.41 Å². The molecule has 2 aliphatic rings. The van der Waals surface area contributed by atoms with Gasteiger partial charge in [0.15, 0.2) is 11.5 Å². The molecule has 1 fully saturated rings. The van der Waals surface area contributed by atoms with Gasteiger partial charge in [-0.3, -0.25) is 4.90 Å². The van der Waals surface area contributed by atoms with Crippen LogP contribution in [0.5, 0.6) is 11.5 Å². The lowest BCUT2D eigenvalue weighted by atomic mass is 9.77. The molecule has 0 saturated carbocycles. The minimum atomic E-state index is 0.253. The average Bonchev–Trinajstić information content (AvgIpc) is 3.04. The van der Waals surface area contributed by atoms with Crippen LogP contribution < -0.4 is 15.2 Å². The average molecular weight is 339 g/mol. The lowest BCUT2D eigenvalue weighted by Crippen LogP contribution is -2.42. The van der Waals surface area contributed by atoms with E-state index in [0.29, 0.717) is 12.6 Å². The molecule has 25 heavy (non-hydrogen) atoms. The summed E-state index contributed by atoms with van der Waals surface area (Å²) >= 11 is 0. The van der Waals surface area contributed by atoms with Crippen LogP contribution in [0.15, 0.2) is 36.5 Å². The van der Waals surface area contributed by atoms with E-state index in [0.717, 1.165) is 43.1 Å². The molecule has 5 heteroatoms. The van der Waals surface area contributed by atoms with Crippen LogP contribution in [-0.2, 0) is 13.0 Å². The van der Waals surface area contributed by atoms with Crippen LogP contribution in [-0.4, -0.2) is 29.8 Å². The Hall–Kier alpha value is -2.27. The highest BCUT2D eigenvalue weighted by Crippen LogP contribution is 2.38. The van der Waals surface area contributed by atoms with E-state index in [9.17, 15) is 0 Å². The number of nitrogen functional groups attached to an aromatic ring is 1. The number of ether oxygens (including phenoxy) is 2. The Kier molecular flexibility index (Phi) is 4.25. The van der Waals surface area contributed by atoms with E-state index in [1.165, 1.54) is 18.4 Å². The van der Waals surface area contributed by atoms with Gasteiger partial charge in [0.2, 0.25) is 6.79 Å². The third-order valence-corrected chi connectivity index (χ3v) is 5.25. The van der Waals surface area contributed by atoms with Gasteiger partial charge in [0.05, 0.1) is 0 Å². The summed E-state index contributed by atoms with van der Waals surface area (Å²) in [7, 11) is 0. The maximum atomic E-state index is 6.02. The van der Waals surface area contributed by atoms with Crippen LogP contribution in [0.3, 0.4) is 0 Å². The maximum Gasteiger partial charge on any atom is 0.231 e. The largest absolute Gasteiger partial charge is 0.454 e. The van der Waals surface area contributed by atoms with Gasteiger partial charge in [0.1, 0.15) is 5.82 Å². The molecule has 2 N–H and O–H groups in total. The van der Waals surface area contributed by atoms with Gasteiger partial charge >= 0.3 is 0 Å². The molecule has 2 aliphatic heterocycles. The predicted molar refractivity (Wildman–Crippen MR) is 97.5 cm³/mol. The summed E-state index contributed by atoms with van der Waals surface area (Å²) in [6.45, 7) is 5.77. The summed E-state index contributed by atoms with van der Waals surface area (Å²) in [5.41, 5.74) is 8.70. The highest BCUT2D eigenvalue weighted by Gasteiger charge is 2.31. The Balaban J connectivity index is 1.45. The first-order valence-electron chi connectivity index (χ1n) is 8.92. The van der Waals surface area contributed by atoms with Gasteiger partial charge in [0.25, 0.3) is 0 Å². The van der Waals surface area contributed by atoms with E-state index in [4.69, 9.17) is 15.2 Å². The molecule has 1 aromatic carbocycles. The normalized spacial score (nSPS) is 22.9. The van der Waals surface area contributed by atoms with Crippen molar-refractivity contribution < 1.29 is 9.47 Å². The minimum Gasteiger partial charge on any atom is -0.454 e. The fraction of sp³-hybridized carbons (Fsp3) is 0.450. The number of nitrogens with zero attached hydrogens (tertiary/aromatic N) is 2. The third kappa shape index (κ3) is 3.56. The molecule has 0 unspecified atom stereocenters. The minimum absolute atomic E-state index is 0.253. The van der Waals surface area contributed by atoms with E-state index in [-0.39, 0.29) is 5.41 Å². The Morgan fingerprint density at radius 3 is 3.00 bits per heavy atom. The van der Waals surface area contributed by atoms with Crippen molar-refractivity contribution in [1.82, 2.24) is 9.88 Å². The lowest BCUT2D eigenvalue weighted by Gasteiger charge is -2.41. The van der Waals surface area contributed by atoms with E-state index in [1.807, 2.05) is 12.1 Å². The topological polar surface area (TPSA) is 60.6 Å². The zero-order chi connectivity index (χ0) is 17.3. The third-order valence-electron chi connectivity index (χ3n) is 5.25. The number of benzene rings is 1. The molecule has 0 spiro atoms. The van der Waals surface area contributed by atoms with Crippen molar-refractivity contribution in [3.63, 3.8) is 0 Å². The number of anilines is 1. The van der Waals surface area contributed by atoms with Gasteiger partial charge in [-0.25, -0.2) is 4.98 Å². The molecular formula is C20H25N3O2. The number of piperidine rings is 1. The Bertz CT molecular complexity index is 764. The van der Waals surface area contributed by atoms with Crippen molar-refractivity contribution in [2.45, 2.75) is 32.7 Å². The second-order valence-corrected chi connectivity index (χ2v) is 7.54. The van der Waals surface area contributed by atoms with Gasteiger partial charge < -0.3 is 15.2 Å². The fourth-order valence-electron chi connectivity index (χ4n) is 4.08. The standard InChI is InChI=1S/C20H25N3O2/c1-20(11-15-5-6-17-18(10-15)25-14-24-17)7-3-9-23(13-20)12-16-4-2-8-22-19(16)21/h2,4-6,8,10H,3,7,9,11-14H2,1H3,(H2,21,22)/t20-/m0/s1. The number of hydrogen-bond donors (Lipinski definition) is 1. The summed E-state index contributed by atoms with van der Waals surface area (Å²) in [5, 5.41) is 0. The van der Waals surface area contributed by atoms with Gasteiger partial charge in [-0.15, -0.1) is 0 Å². The number of hydrogen-bond acceptors (Lipinski definition) is 5. The smallest absolute Gasteiger partial charge is 0.231 e. The fourth-order valence-corrected chi connectivity index (χ4v) is 4.08.